The fourth-order valence-electron chi connectivity index (χ4n) is 3.42. The summed E-state index contributed by atoms with van der Waals surface area (Å²) in [6, 6.07) is 21.9. The number of benzene rings is 2. The molecule has 0 unspecified atom stereocenters. The van der Waals surface area contributed by atoms with Crippen molar-refractivity contribution >= 4 is 93.6 Å². The van der Waals surface area contributed by atoms with Crippen molar-refractivity contribution in [3.05, 3.63) is 99.0 Å². The van der Waals surface area contributed by atoms with Crippen LogP contribution in [0, 0.1) is 0 Å². The average Bonchev–Trinajstić information content (AvgIpc) is 3.58. The third-order valence-corrected chi connectivity index (χ3v) is 13.7. The number of thioether (sulfide) groups is 6. The van der Waals surface area contributed by atoms with Gasteiger partial charge in [0.1, 0.15) is 0 Å². The van der Waals surface area contributed by atoms with Crippen LogP contribution in [0.1, 0.15) is 23.6 Å². The Kier molecular flexibility index (Phi) is 6.65. The highest BCUT2D eigenvalue weighted by atomic mass is 32.2. The predicted octanol–water partition coefficient (Wildman–Crippen LogP) is 11.1. The van der Waals surface area contributed by atoms with Crippen molar-refractivity contribution in [2.45, 2.75) is 33.4 Å². The molecule has 3 aromatic rings. The molecule has 0 bridgehead atoms. The number of thiophene rings is 1. The van der Waals surface area contributed by atoms with E-state index >= 15 is 0 Å². The Labute approximate surface area is 224 Å². The monoisotopic (exact) mass is 554 g/mol. The normalized spacial score (nSPS) is 17.0. The second-order valence-electron chi connectivity index (χ2n) is 7.45. The summed E-state index contributed by atoms with van der Waals surface area (Å²) >= 11 is 13.3. The molecule has 3 aliphatic heterocycles. The molecule has 0 amide bonds. The van der Waals surface area contributed by atoms with Crippen LogP contribution in [0.2, 0.25) is 0 Å². The minimum absolute atomic E-state index is 1.31. The smallest absolute Gasteiger partial charge is 0.0579 e. The number of allylic oxidation sites excluding steroid dienone is 4. The molecular weight excluding hydrogens is 537 g/mol. The first-order chi connectivity index (χ1) is 16.1. The molecule has 3 aliphatic rings. The van der Waals surface area contributed by atoms with Gasteiger partial charge in [0.05, 0.1) is 12.7 Å². The maximum atomic E-state index is 2.41. The average molecular weight is 555 g/mol. The zero-order valence-electron chi connectivity index (χ0n) is 17.8. The maximum absolute atomic E-state index is 2.41. The van der Waals surface area contributed by atoms with Gasteiger partial charge in [-0.15, -0.1) is 11.3 Å². The van der Waals surface area contributed by atoms with E-state index in [1.165, 1.54) is 57.4 Å². The molecule has 0 saturated carbocycles. The van der Waals surface area contributed by atoms with Gasteiger partial charge in [-0.25, -0.2) is 0 Å². The van der Waals surface area contributed by atoms with Gasteiger partial charge in [0.2, 0.25) is 0 Å². The van der Waals surface area contributed by atoms with Crippen LogP contribution in [-0.2, 0) is 0 Å². The molecule has 0 spiro atoms. The molecule has 6 rings (SSSR count). The van der Waals surface area contributed by atoms with Gasteiger partial charge >= 0.3 is 0 Å². The largest absolute Gasteiger partial charge is 0.136 e. The zero-order valence-corrected chi connectivity index (χ0v) is 23.5. The van der Waals surface area contributed by atoms with Gasteiger partial charge < -0.3 is 0 Å². The third kappa shape index (κ3) is 4.83. The van der Waals surface area contributed by atoms with Crippen molar-refractivity contribution in [2.75, 3.05) is 0 Å². The van der Waals surface area contributed by atoms with Crippen molar-refractivity contribution in [3.63, 3.8) is 0 Å². The Hall–Kier alpha value is -0.800. The lowest BCUT2D eigenvalue weighted by Gasteiger charge is -2.06. The summed E-state index contributed by atoms with van der Waals surface area (Å²) in [5.41, 5.74) is 1.36. The highest BCUT2D eigenvalue weighted by molar-refractivity contribution is 8.28. The van der Waals surface area contributed by atoms with Gasteiger partial charge in [-0.2, -0.15) is 0 Å². The Bertz CT molecular complexity index is 1320. The van der Waals surface area contributed by atoms with E-state index in [1.807, 2.05) is 81.9 Å². The molecule has 0 fully saturated rings. The molecule has 1 aromatic heterocycles. The standard InChI is InChI=1S/C26H18S7/c1-15-16(2)28-26(27-15)18(14-25-32-22-9-5-6-10-23(22)33-25)19-12-11-17(29-19)13-24-30-20-7-3-4-8-21(20)31-24/h3-14H,1-2H3. The van der Waals surface area contributed by atoms with E-state index in [4.69, 9.17) is 0 Å². The van der Waals surface area contributed by atoms with Crippen molar-refractivity contribution < 1.29 is 0 Å². The van der Waals surface area contributed by atoms with Gasteiger partial charge in [0.25, 0.3) is 0 Å². The number of fused-ring (bicyclic) bond motifs is 2. The van der Waals surface area contributed by atoms with Gasteiger partial charge in [0, 0.05) is 34.9 Å². The summed E-state index contributed by atoms with van der Waals surface area (Å²) in [6.45, 7) is 4.46. The molecule has 0 atom stereocenters. The quantitative estimate of drug-likeness (QED) is 0.313. The van der Waals surface area contributed by atoms with Crippen molar-refractivity contribution in [1.29, 1.82) is 0 Å². The van der Waals surface area contributed by atoms with Gasteiger partial charge in [-0.3, -0.25) is 0 Å². The molecule has 0 radical (unpaired) electrons. The lowest BCUT2D eigenvalue weighted by atomic mass is 10.2. The van der Waals surface area contributed by atoms with E-state index in [0.29, 0.717) is 0 Å². The molecule has 0 N–H and O–H groups in total. The summed E-state index contributed by atoms with van der Waals surface area (Å²) in [5, 5.41) is 0. The molecule has 4 heterocycles. The van der Waals surface area contributed by atoms with Crippen LogP contribution < -0.4 is 0 Å². The first kappa shape index (κ1) is 22.7. The molecule has 0 aliphatic carbocycles. The highest BCUT2D eigenvalue weighted by Gasteiger charge is 2.23. The van der Waals surface area contributed by atoms with Gasteiger partial charge in [-0.1, -0.05) is 94.8 Å². The number of hydrogen-bond acceptors (Lipinski definition) is 7. The van der Waals surface area contributed by atoms with E-state index in [2.05, 4.69) is 86.7 Å². The SMILES string of the molecule is CC1=C(C)SC(=C(C=C2Sc3ccccc3S2)c2ccc(C=C3Sc4ccccc4S3)s2)S1. The minimum atomic E-state index is 1.31. The second kappa shape index (κ2) is 9.69. The van der Waals surface area contributed by atoms with E-state index in [9.17, 15) is 0 Å². The zero-order chi connectivity index (χ0) is 22.4. The first-order valence-electron chi connectivity index (χ1n) is 10.3. The van der Waals surface area contributed by atoms with Crippen LogP contribution in [0.4, 0.5) is 0 Å². The Morgan fingerprint density at radius 1 is 0.606 bits per heavy atom. The molecule has 7 heteroatoms. The third-order valence-electron chi connectivity index (χ3n) is 5.16. The molecule has 0 nitrogen and oxygen atoms in total. The molecular formula is C26H18S7. The highest BCUT2D eigenvalue weighted by Crippen LogP contribution is 2.56. The topological polar surface area (TPSA) is 0 Å². The van der Waals surface area contributed by atoms with Crippen LogP contribution in [0.3, 0.4) is 0 Å². The van der Waals surface area contributed by atoms with Crippen molar-refractivity contribution in [3.8, 4) is 0 Å². The molecule has 33 heavy (non-hydrogen) atoms. The van der Waals surface area contributed by atoms with Crippen LogP contribution in [0.5, 0.6) is 0 Å². The molecule has 164 valence electrons. The maximum Gasteiger partial charge on any atom is 0.0579 e. The van der Waals surface area contributed by atoms with E-state index in [0.717, 1.165) is 0 Å². The minimum Gasteiger partial charge on any atom is -0.136 e. The van der Waals surface area contributed by atoms with Crippen LogP contribution in [-0.4, -0.2) is 0 Å². The first-order valence-corrected chi connectivity index (χ1v) is 16.0. The van der Waals surface area contributed by atoms with Crippen LogP contribution in [0.25, 0.3) is 11.6 Å². The van der Waals surface area contributed by atoms with Gasteiger partial charge in [-0.05, 0) is 72.2 Å². The number of rotatable bonds is 3. The van der Waals surface area contributed by atoms with Crippen LogP contribution >= 0.6 is 81.9 Å². The second-order valence-corrected chi connectivity index (χ2v) is 16.1. The van der Waals surface area contributed by atoms with Crippen molar-refractivity contribution in [2.24, 2.45) is 0 Å². The van der Waals surface area contributed by atoms with Crippen LogP contribution in [0.15, 0.2) is 109 Å². The summed E-state index contributed by atoms with van der Waals surface area (Å²) in [5.74, 6) is 0. The predicted molar refractivity (Wildman–Crippen MR) is 157 cm³/mol. The lowest BCUT2D eigenvalue weighted by molar-refractivity contribution is 1.27. The lowest BCUT2D eigenvalue weighted by Crippen LogP contribution is -1.79. The molecule has 2 aromatic carbocycles. The summed E-state index contributed by atoms with van der Waals surface area (Å²) in [6.07, 6.45) is 4.76. The molecule has 0 saturated heterocycles. The Morgan fingerprint density at radius 2 is 1.12 bits per heavy atom. The summed E-state index contributed by atoms with van der Waals surface area (Å²) in [4.78, 5) is 10.9. The Balaban J connectivity index is 1.32. The Morgan fingerprint density at radius 3 is 1.67 bits per heavy atom. The summed E-state index contributed by atoms with van der Waals surface area (Å²) in [7, 11) is 0. The van der Waals surface area contributed by atoms with E-state index in [-0.39, 0.29) is 0 Å². The van der Waals surface area contributed by atoms with E-state index < -0.39 is 0 Å². The van der Waals surface area contributed by atoms with E-state index in [1.54, 1.807) is 0 Å². The van der Waals surface area contributed by atoms with Gasteiger partial charge in [0.15, 0.2) is 0 Å². The fourth-order valence-corrected chi connectivity index (χ4v) is 12.0. The van der Waals surface area contributed by atoms with Crippen molar-refractivity contribution in [1.82, 2.24) is 0 Å². The summed E-state index contributed by atoms with van der Waals surface area (Å²) < 4.78 is 4.10. The fraction of sp³-hybridized carbons (Fsp3) is 0.0769. The number of hydrogen-bond donors (Lipinski definition) is 0.